The fourth-order valence-corrected chi connectivity index (χ4v) is 11.8. The molecule has 85 heavy (non-hydrogen) atoms. The van der Waals surface area contributed by atoms with Gasteiger partial charge in [0, 0.05) is 114 Å². The van der Waals surface area contributed by atoms with Crippen LogP contribution in [0, 0.1) is 11.6 Å². The molecule has 0 aliphatic carbocycles. The van der Waals surface area contributed by atoms with E-state index in [0.717, 1.165) is 93.5 Å². The van der Waals surface area contributed by atoms with Crippen molar-refractivity contribution in [3.05, 3.63) is 226 Å². The first kappa shape index (κ1) is 57.2. The van der Waals surface area contributed by atoms with Crippen molar-refractivity contribution in [1.82, 2.24) is 39.3 Å². The number of pyridine rings is 2. The van der Waals surface area contributed by atoms with E-state index in [0.29, 0.717) is 59.6 Å². The quantitative estimate of drug-likeness (QED) is 0.0956. The Morgan fingerprint density at radius 3 is 1.64 bits per heavy atom. The van der Waals surface area contributed by atoms with Crippen molar-refractivity contribution in [2.45, 2.75) is 51.0 Å². The summed E-state index contributed by atoms with van der Waals surface area (Å²) in [6.45, 7) is 14.4. The van der Waals surface area contributed by atoms with Crippen LogP contribution >= 0.6 is 15.9 Å². The van der Waals surface area contributed by atoms with Crippen LogP contribution in [0.3, 0.4) is 0 Å². The Bertz CT molecular complexity index is 3900. The van der Waals surface area contributed by atoms with Crippen LogP contribution in [-0.2, 0) is 45.0 Å². The normalized spacial score (nSPS) is 16.3. The number of morpholine rings is 2. The summed E-state index contributed by atoms with van der Waals surface area (Å²) in [6.07, 6.45) is 10.9. The Morgan fingerprint density at radius 2 is 1.11 bits per heavy atom. The van der Waals surface area contributed by atoms with E-state index >= 15 is 4.39 Å². The molecule has 0 radical (unpaired) electrons. The zero-order chi connectivity index (χ0) is 58.9. The minimum atomic E-state index is -0.963. The topological polar surface area (TPSA) is 135 Å². The molecule has 0 N–H and O–H groups in total. The lowest BCUT2D eigenvalue weighted by atomic mass is 9.77. The monoisotopic (exact) mass is 1200 g/mol. The Balaban J connectivity index is 0.000000141. The third kappa shape index (κ3) is 11.5. The summed E-state index contributed by atoms with van der Waals surface area (Å²) in [5.74, 6) is 1.18. The molecule has 3 saturated heterocycles. The molecule has 10 aromatic rings. The van der Waals surface area contributed by atoms with Crippen LogP contribution in [0.1, 0.15) is 61.1 Å². The van der Waals surface area contributed by atoms with Gasteiger partial charge in [0.15, 0.2) is 0 Å². The average Bonchev–Trinajstić information content (AvgIpc) is 1.84. The second-order valence-electron chi connectivity index (χ2n) is 22.4. The second kappa shape index (κ2) is 24.1. The zero-order valence-corrected chi connectivity index (χ0v) is 50.0. The van der Waals surface area contributed by atoms with E-state index in [9.17, 15) is 4.39 Å². The maximum Gasteiger partial charge on any atom is 0.498 e. The third-order valence-electron chi connectivity index (χ3n) is 16.4. The highest BCUT2D eigenvalue weighted by atomic mass is 79.9. The van der Waals surface area contributed by atoms with Crippen molar-refractivity contribution < 1.29 is 27.6 Å². The smallest absolute Gasteiger partial charge is 0.399 e. The molecule has 15 nitrogen and oxygen atoms in total. The minimum absolute atomic E-state index is 0.224. The minimum Gasteiger partial charge on any atom is -0.399 e. The number of aromatic nitrogens is 8. The molecule has 0 atom stereocenters. The van der Waals surface area contributed by atoms with Crippen LogP contribution in [0.2, 0.25) is 0 Å². The van der Waals surface area contributed by atoms with Gasteiger partial charge in [-0.2, -0.15) is 15.3 Å². The fourth-order valence-electron chi connectivity index (χ4n) is 11.4. The summed E-state index contributed by atoms with van der Waals surface area (Å²) in [6, 6.07) is 45.7. The molecule has 5 aromatic heterocycles. The number of aryl methyl sites for hydroxylation is 2. The SMILES string of the molecule is Cn1cc(-c2cc(F)c3c(c2)C(c2ccnc(N4CCOCC4)c2)=NC3)cn1.Cn1cc(B2OC(C)(C)C(C)(C)O2)cn1.Fc1cc(Br)cc2c(-c3ccnc(N4CCOCC4)c3)nn(C(c3ccccc3)(c3ccccc3)c3ccccc3)c12. The van der Waals surface area contributed by atoms with Crippen molar-refractivity contribution in [2.75, 3.05) is 62.4 Å². The molecule has 0 unspecified atom stereocenters. The summed E-state index contributed by atoms with van der Waals surface area (Å²) in [4.78, 5) is 18.2. The average molecular weight is 1210 g/mol. The van der Waals surface area contributed by atoms with Gasteiger partial charge < -0.3 is 28.6 Å². The molecule has 5 aromatic carbocycles. The summed E-state index contributed by atoms with van der Waals surface area (Å²) < 4.78 is 59.9. The van der Waals surface area contributed by atoms with Gasteiger partial charge in [0.25, 0.3) is 0 Å². The Morgan fingerprint density at radius 1 is 0.576 bits per heavy atom. The van der Waals surface area contributed by atoms with Crippen LogP contribution in [0.5, 0.6) is 0 Å². The lowest BCUT2D eigenvalue weighted by Gasteiger charge is -2.37. The molecule has 3 fully saturated rings. The highest BCUT2D eigenvalue weighted by Crippen LogP contribution is 2.45. The van der Waals surface area contributed by atoms with Gasteiger partial charge in [-0.25, -0.2) is 23.4 Å². The number of benzene rings is 5. The summed E-state index contributed by atoms with van der Waals surface area (Å²) in [7, 11) is 3.43. The van der Waals surface area contributed by atoms with Crippen LogP contribution in [0.15, 0.2) is 186 Å². The van der Waals surface area contributed by atoms with Gasteiger partial charge in [-0.05, 0) is 98.5 Å². The van der Waals surface area contributed by atoms with Crippen molar-refractivity contribution in [1.29, 1.82) is 0 Å². The molecule has 432 valence electrons. The third-order valence-corrected chi connectivity index (χ3v) is 16.9. The standard InChI is InChI=1S/C35H28BrFN4O.C21H20FN5O.C10H17BN2O2/c36-29-23-30-33(25-16-17-38-32(22-25)40-18-20-42-21-19-40)39-41(34(30)31(37)24-29)35(26-10-4-1-5-11-26,27-12-6-2-7-13-27)28-14-8-3-9-15-28;1-26-13-16(11-25-26)15-8-17-18(19(22)9-15)12-24-21(17)14-2-3-23-20(10-14)27-4-6-28-7-5-27;1-9(2)10(3,4)15-11(14-9)8-6-12-13(5)7-8/h1-17,22-24H,18-21H2;2-3,8-11,13H,4-7,12H2,1H3;6-7H,1-5H3. The summed E-state index contributed by atoms with van der Waals surface area (Å²) in [5, 5.41) is 14.4. The van der Waals surface area contributed by atoms with E-state index in [4.69, 9.17) is 23.9 Å². The van der Waals surface area contributed by atoms with Gasteiger partial charge in [0.05, 0.1) is 56.1 Å². The predicted octanol–water partition coefficient (Wildman–Crippen LogP) is 11.2. The highest BCUT2D eigenvalue weighted by molar-refractivity contribution is 9.10. The molecule has 9 heterocycles. The largest absolute Gasteiger partial charge is 0.498 e. The van der Waals surface area contributed by atoms with Crippen molar-refractivity contribution in [2.24, 2.45) is 19.1 Å². The fraction of sp³-hybridized carbons (Fsp3) is 0.273. The zero-order valence-electron chi connectivity index (χ0n) is 48.4. The van der Waals surface area contributed by atoms with Gasteiger partial charge in [-0.15, -0.1) is 0 Å². The van der Waals surface area contributed by atoms with Gasteiger partial charge >= 0.3 is 7.12 Å². The van der Waals surface area contributed by atoms with Crippen LogP contribution in [-0.4, -0.2) is 116 Å². The maximum absolute atomic E-state index is 16.4. The number of fused-ring (bicyclic) bond motifs is 2. The molecular weight excluding hydrogens is 1140 g/mol. The number of hydrogen-bond acceptors (Lipinski definition) is 12. The molecule has 4 aliphatic heterocycles. The lowest BCUT2D eigenvalue weighted by Crippen LogP contribution is -2.41. The van der Waals surface area contributed by atoms with Gasteiger partial charge in [0.1, 0.15) is 40.0 Å². The molecule has 4 aliphatic rings. The maximum atomic E-state index is 16.4. The predicted molar refractivity (Wildman–Crippen MR) is 332 cm³/mol. The van der Waals surface area contributed by atoms with Gasteiger partial charge in [-0.1, -0.05) is 107 Å². The Hall–Kier alpha value is -8.20. The van der Waals surface area contributed by atoms with E-state index in [1.807, 2.05) is 150 Å². The van der Waals surface area contributed by atoms with E-state index in [-0.39, 0.29) is 30.0 Å². The number of aliphatic imine (C=N–C) groups is 1. The van der Waals surface area contributed by atoms with E-state index in [1.165, 1.54) is 6.07 Å². The first-order valence-electron chi connectivity index (χ1n) is 28.5. The van der Waals surface area contributed by atoms with Crippen molar-refractivity contribution >= 4 is 56.8 Å². The molecular formula is C66H65BBrF2N11O4. The number of nitrogens with zero attached hydrogens (tertiary/aromatic N) is 11. The lowest BCUT2D eigenvalue weighted by molar-refractivity contribution is 0.00578. The summed E-state index contributed by atoms with van der Waals surface area (Å²) in [5.41, 5.74) is 9.31. The van der Waals surface area contributed by atoms with Crippen molar-refractivity contribution in [3.8, 4) is 22.4 Å². The first-order chi connectivity index (χ1) is 41.2. The van der Waals surface area contributed by atoms with Gasteiger partial charge in [0.2, 0.25) is 0 Å². The molecule has 14 rings (SSSR count). The second-order valence-corrected chi connectivity index (χ2v) is 23.4. The Kier molecular flexibility index (Phi) is 16.2. The van der Waals surface area contributed by atoms with E-state index < -0.39 is 5.54 Å². The van der Waals surface area contributed by atoms with Gasteiger partial charge in [-0.3, -0.25) is 14.4 Å². The van der Waals surface area contributed by atoms with Crippen LogP contribution < -0.4 is 15.3 Å². The number of ether oxygens (including phenoxy) is 2. The highest BCUT2D eigenvalue weighted by Gasteiger charge is 2.52. The number of rotatable bonds is 10. The van der Waals surface area contributed by atoms with Crippen LogP contribution in [0.4, 0.5) is 20.4 Å². The first-order valence-corrected chi connectivity index (χ1v) is 29.3. The van der Waals surface area contributed by atoms with Crippen molar-refractivity contribution in [3.63, 3.8) is 0 Å². The van der Waals surface area contributed by atoms with E-state index in [2.05, 4.69) is 87.3 Å². The Labute approximate surface area is 502 Å². The summed E-state index contributed by atoms with van der Waals surface area (Å²) >= 11 is 3.55. The van der Waals surface area contributed by atoms with E-state index in [1.54, 1.807) is 40.2 Å². The molecule has 0 saturated carbocycles. The molecule has 0 amide bonds. The molecule has 0 spiro atoms. The molecule has 0 bridgehead atoms. The molecule has 19 heteroatoms. The van der Waals surface area contributed by atoms with Crippen LogP contribution in [0.25, 0.3) is 33.3 Å². The number of hydrogen-bond donors (Lipinski definition) is 0. The number of anilines is 2. The number of halogens is 3.